The molecule has 0 spiro atoms. The number of rotatable bonds is 8. The summed E-state index contributed by atoms with van der Waals surface area (Å²) in [5.41, 5.74) is 1.09. The van der Waals surface area contributed by atoms with Gasteiger partial charge in [0.25, 0.3) is 0 Å². The molecule has 2 fully saturated rings. The van der Waals surface area contributed by atoms with Crippen molar-refractivity contribution in [3.05, 3.63) is 71.3 Å². The highest BCUT2D eigenvalue weighted by Crippen LogP contribution is 2.33. The highest BCUT2D eigenvalue weighted by Gasteiger charge is 2.30. The number of halogens is 4. The zero-order valence-electron chi connectivity index (χ0n) is 21.2. The van der Waals surface area contributed by atoms with Crippen LogP contribution in [0.15, 0.2) is 54.6 Å². The fourth-order valence-corrected chi connectivity index (χ4v) is 4.88. The maximum absolute atomic E-state index is 12.8. The molecule has 3 N–H and O–H groups in total. The van der Waals surface area contributed by atoms with Crippen molar-refractivity contribution in [1.29, 1.82) is 0 Å². The number of ether oxygens (including phenoxy) is 1. The molecule has 4 rings (SSSR count). The molecule has 0 aliphatic carbocycles. The quantitative estimate of drug-likeness (QED) is 0.483. The molecule has 38 heavy (non-hydrogen) atoms. The first-order valence-corrected chi connectivity index (χ1v) is 12.6. The van der Waals surface area contributed by atoms with Gasteiger partial charge in [-0.1, -0.05) is 30.3 Å². The van der Waals surface area contributed by atoms with E-state index in [1.54, 1.807) is 24.3 Å². The molecular formula is C28H36ClF3N2O4. The second kappa shape index (κ2) is 14.5. The molecule has 1 atom stereocenters. The fourth-order valence-electron chi connectivity index (χ4n) is 4.88. The third kappa shape index (κ3) is 8.73. The Balaban J connectivity index is 0.00000253. The van der Waals surface area contributed by atoms with E-state index in [2.05, 4.69) is 4.90 Å². The van der Waals surface area contributed by atoms with Crippen molar-refractivity contribution >= 4 is 24.4 Å². The summed E-state index contributed by atoms with van der Waals surface area (Å²) < 4.78 is 44.3. The molecule has 1 amide bonds. The number of nitrogens with zero attached hydrogens (tertiary/aromatic N) is 2. The van der Waals surface area contributed by atoms with Crippen LogP contribution in [0.4, 0.5) is 13.2 Å². The van der Waals surface area contributed by atoms with Crippen molar-refractivity contribution in [1.82, 2.24) is 9.80 Å². The number of carbonyl (C=O) groups excluding carboxylic acids is 1. The molecule has 210 valence electrons. The fraction of sp³-hybridized carbons (Fsp3) is 0.464. The summed E-state index contributed by atoms with van der Waals surface area (Å²) in [5, 5.41) is 10.6. The van der Waals surface area contributed by atoms with Gasteiger partial charge in [-0.2, -0.15) is 13.2 Å². The lowest BCUT2D eigenvalue weighted by Crippen LogP contribution is -2.40. The Labute approximate surface area is 227 Å². The molecule has 0 bridgehead atoms. The van der Waals surface area contributed by atoms with E-state index in [0.29, 0.717) is 12.3 Å². The molecule has 6 nitrogen and oxygen atoms in total. The SMILES string of the molecule is Cl.O.O=C(C=Cc1ccccc1OCC(O)CN1CCC(c2ccc(C(F)(F)F)cc2)CC1)N1CCCC1. The van der Waals surface area contributed by atoms with Gasteiger partial charge >= 0.3 is 6.18 Å². The minimum Gasteiger partial charge on any atom is -0.490 e. The van der Waals surface area contributed by atoms with E-state index in [1.165, 1.54) is 0 Å². The van der Waals surface area contributed by atoms with Crippen LogP contribution in [0.3, 0.4) is 0 Å². The van der Waals surface area contributed by atoms with Gasteiger partial charge in [0.05, 0.1) is 5.56 Å². The summed E-state index contributed by atoms with van der Waals surface area (Å²) in [4.78, 5) is 16.3. The van der Waals surface area contributed by atoms with Crippen LogP contribution in [-0.4, -0.2) is 71.7 Å². The molecule has 1 unspecified atom stereocenters. The molecule has 2 aliphatic heterocycles. The van der Waals surface area contributed by atoms with Crippen LogP contribution in [0.2, 0.25) is 0 Å². The third-order valence-electron chi connectivity index (χ3n) is 6.94. The summed E-state index contributed by atoms with van der Waals surface area (Å²) in [7, 11) is 0. The molecule has 2 heterocycles. The highest BCUT2D eigenvalue weighted by atomic mass is 35.5. The van der Waals surface area contributed by atoms with Crippen molar-refractivity contribution < 1.29 is 33.3 Å². The number of benzene rings is 2. The van der Waals surface area contributed by atoms with Gasteiger partial charge in [0.2, 0.25) is 5.91 Å². The Hall–Kier alpha value is -2.59. The number of piperidine rings is 1. The molecular weight excluding hydrogens is 521 g/mol. The summed E-state index contributed by atoms with van der Waals surface area (Å²) >= 11 is 0. The number of hydrogen-bond acceptors (Lipinski definition) is 4. The Bertz CT molecular complexity index is 1040. The van der Waals surface area contributed by atoms with Gasteiger partial charge in [-0.15, -0.1) is 12.4 Å². The molecule has 0 saturated carbocycles. The van der Waals surface area contributed by atoms with Gasteiger partial charge in [-0.25, -0.2) is 0 Å². The van der Waals surface area contributed by atoms with E-state index in [1.807, 2.05) is 29.2 Å². The number of aliphatic hydroxyl groups excluding tert-OH is 1. The lowest BCUT2D eigenvalue weighted by Gasteiger charge is -2.33. The number of amides is 1. The van der Waals surface area contributed by atoms with Crippen molar-refractivity contribution in [2.75, 3.05) is 39.3 Å². The second-order valence-electron chi connectivity index (χ2n) is 9.56. The second-order valence-corrected chi connectivity index (χ2v) is 9.56. The van der Waals surface area contributed by atoms with E-state index >= 15 is 0 Å². The zero-order chi connectivity index (χ0) is 25.5. The van der Waals surface area contributed by atoms with Gasteiger partial charge in [-0.3, -0.25) is 4.79 Å². The minimum absolute atomic E-state index is 0. The Kier molecular flexibility index (Phi) is 12.1. The molecule has 2 aromatic rings. The van der Waals surface area contributed by atoms with E-state index in [4.69, 9.17) is 4.74 Å². The monoisotopic (exact) mass is 556 g/mol. The first kappa shape index (κ1) is 31.6. The zero-order valence-corrected chi connectivity index (χ0v) is 22.0. The van der Waals surface area contributed by atoms with Crippen LogP contribution in [0.5, 0.6) is 5.75 Å². The van der Waals surface area contributed by atoms with E-state index < -0.39 is 17.8 Å². The Morgan fingerprint density at radius 1 is 1.03 bits per heavy atom. The van der Waals surface area contributed by atoms with Gasteiger partial charge in [0.1, 0.15) is 18.5 Å². The van der Waals surface area contributed by atoms with Crippen LogP contribution in [0, 0.1) is 0 Å². The number of likely N-dealkylation sites (tertiary alicyclic amines) is 2. The van der Waals surface area contributed by atoms with Crippen molar-refractivity contribution in [3.8, 4) is 5.75 Å². The molecule has 2 aliphatic rings. The topological polar surface area (TPSA) is 84.5 Å². The smallest absolute Gasteiger partial charge is 0.416 e. The number of alkyl halides is 3. The molecule has 10 heteroatoms. The van der Waals surface area contributed by atoms with E-state index in [0.717, 1.165) is 75.1 Å². The maximum Gasteiger partial charge on any atom is 0.416 e. The first-order valence-electron chi connectivity index (χ1n) is 12.6. The summed E-state index contributed by atoms with van der Waals surface area (Å²) in [5.74, 6) is 0.837. The summed E-state index contributed by atoms with van der Waals surface area (Å²) in [6.07, 6.45) is 2.08. The molecule has 2 saturated heterocycles. The number of hydrogen-bond donors (Lipinski definition) is 1. The van der Waals surface area contributed by atoms with E-state index in [9.17, 15) is 23.1 Å². The van der Waals surface area contributed by atoms with Crippen LogP contribution < -0.4 is 4.74 Å². The van der Waals surface area contributed by atoms with Gasteiger partial charge < -0.3 is 25.1 Å². The van der Waals surface area contributed by atoms with Crippen LogP contribution in [0.25, 0.3) is 6.08 Å². The van der Waals surface area contributed by atoms with Crippen LogP contribution in [0.1, 0.15) is 48.3 Å². The predicted molar refractivity (Wildman–Crippen MR) is 144 cm³/mol. The largest absolute Gasteiger partial charge is 0.490 e. The van der Waals surface area contributed by atoms with Gasteiger partial charge in [0, 0.05) is 31.3 Å². The number of carbonyl (C=O) groups is 1. The minimum atomic E-state index is -4.32. The van der Waals surface area contributed by atoms with Gasteiger partial charge in [-0.05, 0) is 74.5 Å². The average Bonchev–Trinajstić information content (AvgIpc) is 3.42. The van der Waals surface area contributed by atoms with E-state index in [-0.39, 0.29) is 36.3 Å². The average molecular weight is 557 g/mol. The molecule has 0 radical (unpaired) electrons. The lowest BCUT2D eigenvalue weighted by atomic mass is 9.89. The van der Waals surface area contributed by atoms with Crippen molar-refractivity contribution in [3.63, 3.8) is 0 Å². The van der Waals surface area contributed by atoms with Crippen molar-refractivity contribution in [2.24, 2.45) is 0 Å². The summed E-state index contributed by atoms with van der Waals surface area (Å²) in [6.45, 7) is 3.72. The van der Waals surface area contributed by atoms with Crippen LogP contribution >= 0.6 is 12.4 Å². The first-order chi connectivity index (χ1) is 17.3. The maximum atomic E-state index is 12.8. The van der Waals surface area contributed by atoms with Crippen LogP contribution in [-0.2, 0) is 11.0 Å². The molecule has 0 aromatic heterocycles. The van der Waals surface area contributed by atoms with Crippen molar-refractivity contribution in [2.45, 2.75) is 43.9 Å². The number of aliphatic hydroxyl groups is 1. The standard InChI is InChI=1S/C28H33F3N2O3.ClH.H2O/c29-28(30,31)24-10-7-21(8-11-24)22-13-17-32(18-14-22)19-25(34)20-36-26-6-2-1-5-23(26)9-12-27(35)33-15-3-4-16-33;;/h1-2,5-12,22,25,34H,3-4,13-20H2;1H;1H2. The van der Waals surface area contributed by atoms with Gasteiger partial charge in [0.15, 0.2) is 0 Å². The Morgan fingerprint density at radius 3 is 2.29 bits per heavy atom. The summed E-state index contributed by atoms with van der Waals surface area (Å²) in [6, 6.07) is 12.9. The number of para-hydroxylation sites is 1. The number of β-amino-alcohol motifs (C(OH)–C–C–N with tert-alkyl or cyclic N) is 1. The predicted octanol–water partition coefficient (Wildman–Crippen LogP) is 4.56. The highest BCUT2D eigenvalue weighted by molar-refractivity contribution is 5.92. The lowest BCUT2D eigenvalue weighted by molar-refractivity contribution is -0.137. The normalized spacial score (nSPS) is 17.6. The molecule has 2 aromatic carbocycles. The third-order valence-corrected chi connectivity index (χ3v) is 6.94. The Morgan fingerprint density at radius 2 is 1.66 bits per heavy atom.